The van der Waals surface area contributed by atoms with Crippen LogP contribution in [0.2, 0.25) is 20.1 Å². The lowest BCUT2D eigenvalue weighted by molar-refractivity contribution is -0.142. The second-order valence-corrected chi connectivity index (χ2v) is 10.8. The summed E-state index contributed by atoms with van der Waals surface area (Å²) in [6.45, 7) is 0.0669. The zero-order valence-corrected chi connectivity index (χ0v) is 22.5. The second kappa shape index (κ2) is 11.7. The first-order valence-electron chi connectivity index (χ1n) is 10.8. The summed E-state index contributed by atoms with van der Waals surface area (Å²) in [6.07, 6.45) is 0.133. The topological polar surface area (TPSA) is 57.6 Å². The summed E-state index contributed by atoms with van der Waals surface area (Å²) in [6, 6.07) is 21.6. The Morgan fingerprint density at radius 1 is 0.833 bits per heavy atom. The molecule has 36 heavy (non-hydrogen) atoms. The molecule has 1 aromatic heterocycles. The van der Waals surface area contributed by atoms with E-state index in [1.54, 1.807) is 18.2 Å². The van der Waals surface area contributed by atoms with Crippen molar-refractivity contribution in [2.75, 3.05) is 0 Å². The zero-order valence-electron chi connectivity index (χ0n) is 18.6. The molecule has 1 amide bonds. The summed E-state index contributed by atoms with van der Waals surface area (Å²) in [5.74, 6) is -1.62. The minimum atomic E-state index is -1.13. The number of hydrogen-bond acceptors (Lipinski definition) is 3. The molecule has 3 aromatic carbocycles. The standard InChI is InChI=1S/C27H19Cl4NO3S/c28-17-6-9-20(22(30)13-17)25-11-8-19(36-25)15-32(26(33)21-10-7-18(29)14-23(21)31)24(27(34)35)12-16-4-2-1-3-5-16/h1-11,13-14,24H,12,15H2,(H,34,35)/t24-/m0/s1. The summed E-state index contributed by atoms with van der Waals surface area (Å²) in [5, 5.41) is 11.7. The van der Waals surface area contributed by atoms with E-state index in [9.17, 15) is 14.7 Å². The van der Waals surface area contributed by atoms with E-state index in [4.69, 9.17) is 46.4 Å². The molecule has 0 aliphatic carbocycles. The first-order chi connectivity index (χ1) is 17.2. The highest BCUT2D eigenvalue weighted by atomic mass is 35.5. The predicted molar refractivity (Wildman–Crippen MR) is 148 cm³/mol. The molecule has 0 unspecified atom stereocenters. The lowest BCUT2D eigenvalue weighted by Crippen LogP contribution is -2.46. The molecule has 0 aliphatic rings. The summed E-state index contributed by atoms with van der Waals surface area (Å²) in [4.78, 5) is 29.1. The first kappa shape index (κ1) is 26.5. The van der Waals surface area contributed by atoms with Crippen LogP contribution in [-0.2, 0) is 17.8 Å². The molecule has 0 aliphatic heterocycles. The highest BCUT2D eigenvalue weighted by Crippen LogP contribution is 2.36. The van der Waals surface area contributed by atoms with Gasteiger partial charge < -0.3 is 10.0 Å². The lowest BCUT2D eigenvalue weighted by atomic mass is 10.0. The first-order valence-corrected chi connectivity index (χ1v) is 13.1. The third kappa shape index (κ3) is 6.23. The molecule has 0 radical (unpaired) electrons. The largest absolute Gasteiger partial charge is 0.480 e. The summed E-state index contributed by atoms with van der Waals surface area (Å²) in [5.41, 5.74) is 1.78. The minimum absolute atomic E-state index is 0.0669. The van der Waals surface area contributed by atoms with E-state index in [0.717, 1.165) is 20.9 Å². The smallest absolute Gasteiger partial charge is 0.326 e. The van der Waals surface area contributed by atoms with Crippen molar-refractivity contribution in [3.05, 3.63) is 115 Å². The number of amides is 1. The van der Waals surface area contributed by atoms with Gasteiger partial charge in [0, 0.05) is 31.8 Å². The molecule has 1 heterocycles. The van der Waals surface area contributed by atoms with E-state index in [1.807, 2.05) is 48.5 Å². The summed E-state index contributed by atoms with van der Waals surface area (Å²) >= 11 is 26.2. The Balaban J connectivity index is 1.71. The normalized spacial score (nSPS) is 11.8. The van der Waals surface area contributed by atoms with Gasteiger partial charge in [0.05, 0.1) is 22.2 Å². The van der Waals surface area contributed by atoms with Gasteiger partial charge in [-0.1, -0.05) is 82.8 Å². The number of carboxylic acid groups (broad SMARTS) is 1. The maximum Gasteiger partial charge on any atom is 0.326 e. The average Bonchev–Trinajstić information content (AvgIpc) is 3.29. The molecule has 4 rings (SSSR count). The SMILES string of the molecule is O=C(O)[C@H](Cc1ccccc1)N(Cc1ccc(-c2ccc(Cl)cc2Cl)s1)C(=O)c1ccc(Cl)cc1Cl. The van der Waals surface area contributed by atoms with Crippen LogP contribution < -0.4 is 0 Å². The molecule has 1 atom stereocenters. The van der Waals surface area contributed by atoms with E-state index in [0.29, 0.717) is 15.1 Å². The monoisotopic (exact) mass is 577 g/mol. The number of aliphatic carboxylic acids is 1. The molecule has 184 valence electrons. The van der Waals surface area contributed by atoms with E-state index in [2.05, 4.69) is 0 Å². The van der Waals surface area contributed by atoms with Crippen LogP contribution in [-0.4, -0.2) is 27.9 Å². The van der Waals surface area contributed by atoms with Gasteiger partial charge in [-0.2, -0.15) is 0 Å². The van der Waals surface area contributed by atoms with Gasteiger partial charge in [-0.05, 0) is 48.0 Å². The molecule has 9 heteroatoms. The quantitative estimate of drug-likeness (QED) is 0.228. The third-order valence-electron chi connectivity index (χ3n) is 5.54. The van der Waals surface area contributed by atoms with Gasteiger partial charge >= 0.3 is 5.97 Å². The Bertz CT molecular complexity index is 1410. The highest BCUT2D eigenvalue weighted by molar-refractivity contribution is 7.15. The Morgan fingerprint density at radius 3 is 2.14 bits per heavy atom. The van der Waals surface area contributed by atoms with Crippen molar-refractivity contribution in [3.8, 4) is 10.4 Å². The number of carbonyl (C=O) groups excluding carboxylic acids is 1. The number of hydrogen-bond donors (Lipinski definition) is 1. The summed E-state index contributed by atoms with van der Waals surface area (Å²) in [7, 11) is 0. The van der Waals surface area contributed by atoms with Gasteiger partial charge in [-0.3, -0.25) is 4.79 Å². The van der Waals surface area contributed by atoms with Gasteiger partial charge in [-0.25, -0.2) is 4.79 Å². The van der Waals surface area contributed by atoms with Crippen LogP contribution in [0.1, 0.15) is 20.8 Å². The molecule has 4 nitrogen and oxygen atoms in total. The molecule has 0 spiro atoms. The third-order valence-corrected chi connectivity index (χ3v) is 7.74. The molecule has 4 aromatic rings. The maximum atomic E-state index is 13.7. The molecular weight excluding hydrogens is 560 g/mol. The fourth-order valence-electron chi connectivity index (χ4n) is 3.77. The Hall–Kier alpha value is -2.54. The van der Waals surface area contributed by atoms with Crippen LogP contribution in [0.3, 0.4) is 0 Å². The van der Waals surface area contributed by atoms with Crippen LogP contribution in [0.15, 0.2) is 78.9 Å². The molecule has 0 saturated heterocycles. The van der Waals surface area contributed by atoms with Crippen molar-refractivity contribution in [2.24, 2.45) is 0 Å². The van der Waals surface area contributed by atoms with E-state index in [-0.39, 0.29) is 23.6 Å². The Kier molecular flexibility index (Phi) is 8.60. The lowest BCUT2D eigenvalue weighted by Gasteiger charge is -2.29. The van der Waals surface area contributed by atoms with Crippen molar-refractivity contribution in [1.29, 1.82) is 0 Å². The average molecular weight is 579 g/mol. The van der Waals surface area contributed by atoms with Crippen LogP contribution in [0.5, 0.6) is 0 Å². The second-order valence-electron chi connectivity index (χ2n) is 7.99. The van der Waals surface area contributed by atoms with Gasteiger partial charge in [0.2, 0.25) is 0 Å². The number of benzene rings is 3. The van der Waals surface area contributed by atoms with Crippen LogP contribution in [0.4, 0.5) is 0 Å². The number of nitrogens with zero attached hydrogens (tertiary/aromatic N) is 1. The molecule has 0 fully saturated rings. The van der Waals surface area contributed by atoms with E-state index in [1.165, 1.54) is 28.4 Å². The van der Waals surface area contributed by atoms with Crippen molar-refractivity contribution in [3.63, 3.8) is 0 Å². The van der Waals surface area contributed by atoms with Crippen molar-refractivity contribution in [2.45, 2.75) is 19.0 Å². The number of halogens is 4. The Labute approximate surface area is 232 Å². The molecule has 0 bridgehead atoms. The van der Waals surface area contributed by atoms with Crippen molar-refractivity contribution >= 4 is 69.6 Å². The molecule has 1 N–H and O–H groups in total. The van der Waals surface area contributed by atoms with Crippen LogP contribution in [0, 0.1) is 0 Å². The number of rotatable bonds is 8. The van der Waals surface area contributed by atoms with Crippen LogP contribution in [0.25, 0.3) is 10.4 Å². The van der Waals surface area contributed by atoms with Gasteiger partial charge in [-0.15, -0.1) is 11.3 Å². The van der Waals surface area contributed by atoms with Crippen molar-refractivity contribution in [1.82, 2.24) is 4.90 Å². The fraction of sp³-hybridized carbons (Fsp3) is 0.111. The fourth-order valence-corrected chi connectivity index (χ4v) is 5.88. The summed E-state index contributed by atoms with van der Waals surface area (Å²) < 4.78 is 0. The molecular formula is C27H19Cl4NO3S. The predicted octanol–water partition coefficient (Wildman–Crippen LogP) is 8.37. The number of carboxylic acids is 1. The Morgan fingerprint density at radius 2 is 1.50 bits per heavy atom. The van der Waals surface area contributed by atoms with Gasteiger partial charge in [0.25, 0.3) is 5.91 Å². The van der Waals surface area contributed by atoms with E-state index >= 15 is 0 Å². The number of carbonyl (C=O) groups is 2. The van der Waals surface area contributed by atoms with Crippen molar-refractivity contribution < 1.29 is 14.7 Å². The van der Waals surface area contributed by atoms with E-state index < -0.39 is 17.9 Å². The van der Waals surface area contributed by atoms with Gasteiger partial charge in [0.15, 0.2) is 0 Å². The molecule has 0 saturated carbocycles. The van der Waals surface area contributed by atoms with Crippen LogP contribution >= 0.6 is 57.7 Å². The minimum Gasteiger partial charge on any atom is -0.480 e. The van der Waals surface area contributed by atoms with Gasteiger partial charge in [0.1, 0.15) is 6.04 Å². The maximum absolute atomic E-state index is 13.7. The highest BCUT2D eigenvalue weighted by Gasteiger charge is 2.32. The zero-order chi connectivity index (χ0) is 25.8. The number of thiophene rings is 1.